The molecule has 3 aromatic rings. The van der Waals surface area contributed by atoms with Crippen LogP contribution in [0, 0.1) is 0 Å². The first-order valence-electron chi connectivity index (χ1n) is 12.8. The fourth-order valence-electron chi connectivity index (χ4n) is 4.42. The van der Waals surface area contributed by atoms with Crippen molar-refractivity contribution >= 4 is 13.3 Å². The quantitative estimate of drug-likeness (QED) is 0.243. The standard InChI is InChI=1S/C28H33N2O8P/c1-3-36-39(2,34)17-15-23-18-24(38-27(32)22-12-8-5-9-13-22)26(37-23)29-16-14-25(31)30(28(29)33)20-35-19-21-10-6-4-7-11-21/h4-14,16,23-24,26H,3,15,17-20H2,1-2H3/t23-,24+,26-,39?/m1/s1. The Kier molecular flexibility index (Phi) is 9.69. The third-order valence-electron chi connectivity index (χ3n) is 6.37. The van der Waals surface area contributed by atoms with Gasteiger partial charge in [-0.1, -0.05) is 48.5 Å². The van der Waals surface area contributed by atoms with Gasteiger partial charge < -0.3 is 18.7 Å². The van der Waals surface area contributed by atoms with E-state index in [-0.39, 0.29) is 25.9 Å². The monoisotopic (exact) mass is 556 g/mol. The Balaban J connectivity index is 1.55. The molecule has 0 radical (unpaired) electrons. The minimum atomic E-state index is -2.81. The molecule has 1 fully saturated rings. The van der Waals surface area contributed by atoms with Crippen molar-refractivity contribution in [2.75, 3.05) is 19.4 Å². The second kappa shape index (κ2) is 13.2. The van der Waals surface area contributed by atoms with E-state index in [1.54, 1.807) is 43.9 Å². The summed E-state index contributed by atoms with van der Waals surface area (Å²) in [6.07, 6.45) is 0.0288. The lowest BCUT2D eigenvalue weighted by Crippen LogP contribution is -2.43. The van der Waals surface area contributed by atoms with Crippen LogP contribution in [0.25, 0.3) is 0 Å². The van der Waals surface area contributed by atoms with Crippen LogP contribution in [0.4, 0.5) is 0 Å². The zero-order chi connectivity index (χ0) is 27.8. The molecule has 1 saturated heterocycles. The van der Waals surface area contributed by atoms with Crippen molar-refractivity contribution in [3.8, 4) is 0 Å². The third kappa shape index (κ3) is 7.64. The van der Waals surface area contributed by atoms with Gasteiger partial charge in [-0.2, -0.15) is 0 Å². The number of hydrogen-bond donors (Lipinski definition) is 0. The van der Waals surface area contributed by atoms with Gasteiger partial charge in [-0.05, 0) is 31.0 Å². The van der Waals surface area contributed by atoms with Crippen LogP contribution in [0.5, 0.6) is 0 Å². The van der Waals surface area contributed by atoms with Gasteiger partial charge in [0.2, 0.25) is 0 Å². The van der Waals surface area contributed by atoms with E-state index in [0.29, 0.717) is 18.6 Å². The molecular formula is C28H33N2O8P. The molecule has 0 spiro atoms. The maximum atomic E-state index is 13.4. The van der Waals surface area contributed by atoms with Crippen LogP contribution in [0.1, 0.15) is 41.9 Å². The molecular weight excluding hydrogens is 523 g/mol. The SMILES string of the molecule is CCOP(C)(=O)CC[C@@H]1C[C@H](OC(=O)c2ccccc2)[C@H](n2ccc(=O)n(COCc3ccccc3)c2=O)O1. The summed E-state index contributed by atoms with van der Waals surface area (Å²) < 4.78 is 37.8. The van der Waals surface area contributed by atoms with Crippen molar-refractivity contribution in [3.05, 3.63) is 105 Å². The normalized spacial score (nSPS) is 20.4. The van der Waals surface area contributed by atoms with Crippen molar-refractivity contribution in [3.63, 3.8) is 0 Å². The molecule has 0 aliphatic carbocycles. The summed E-state index contributed by atoms with van der Waals surface area (Å²) in [5.74, 6) is -0.558. The van der Waals surface area contributed by atoms with E-state index in [0.717, 1.165) is 10.1 Å². The minimum absolute atomic E-state index is 0.220. The number of carbonyl (C=O) groups excluding carboxylic acids is 1. The summed E-state index contributed by atoms with van der Waals surface area (Å²) in [7, 11) is -2.81. The molecule has 2 aromatic carbocycles. The Labute approximate surface area is 226 Å². The van der Waals surface area contributed by atoms with Crippen LogP contribution < -0.4 is 11.2 Å². The average Bonchev–Trinajstić information content (AvgIpc) is 3.32. The molecule has 2 heterocycles. The maximum absolute atomic E-state index is 13.4. The highest BCUT2D eigenvalue weighted by molar-refractivity contribution is 7.58. The van der Waals surface area contributed by atoms with Crippen molar-refractivity contribution < 1.29 is 28.1 Å². The molecule has 4 atom stereocenters. The molecule has 39 heavy (non-hydrogen) atoms. The Morgan fingerprint density at radius 1 is 1.05 bits per heavy atom. The molecule has 11 heteroatoms. The van der Waals surface area contributed by atoms with Crippen LogP contribution in [-0.2, 0) is 36.6 Å². The second-order valence-corrected chi connectivity index (χ2v) is 12.1. The number of aromatic nitrogens is 2. The number of nitrogens with zero attached hydrogens (tertiary/aromatic N) is 2. The Morgan fingerprint density at radius 2 is 1.74 bits per heavy atom. The molecule has 1 aliphatic rings. The van der Waals surface area contributed by atoms with E-state index in [2.05, 4.69) is 0 Å². The van der Waals surface area contributed by atoms with Gasteiger partial charge in [-0.3, -0.25) is 13.9 Å². The topological polar surface area (TPSA) is 115 Å². The van der Waals surface area contributed by atoms with Crippen LogP contribution >= 0.6 is 7.37 Å². The zero-order valence-corrected chi connectivity index (χ0v) is 22.9. The summed E-state index contributed by atoms with van der Waals surface area (Å²) in [6, 6.07) is 19.1. The smallest absolute Gasteiger partial charge is 0.338 e. The van der Waals surface area contributed by atoms with Gasteiger partial charge in [0.15, 0.2) is 13.6 Å². The number of hydrogen-bond acceptors (Lipinski definition) is 8. The molecule has 10 nitrogen and oxygen atoms in total. The van der Waals surface area contributed by atoms with Gasteiger partial charge in [0, 0.05) is 31.5 Å². The van der Waals surface area contributed by atoms with E-state index < -0.39 is 43.0 Å². The van der Waals surface area contributed by atoms with Gasteiger partial charge in [0.05, 0.1) is 24.9 Å². The van der Waals surface area contributed by atoms with Gasteiger partial charge in [-0.15, -0.1) is 0 Å². The highest BCUT2D eigenvalue weighted by Gasteiger charge is 2.40. The molecule has 0 saturated carbocycles. The Bertz CT molecular complexity index is 1410. The van der Waals surface area contributed by atoms with E-state index in [9.17, 15) is 18.9 Å². The maximum Gasteiger partial charge on any atom is 0.338 e. The predicted octanol–water partition coefficient (Wildman–Crippen LogP) is 4.03. The summed E-state index contributed by atoms with van der Waals surface area (Å²) >= 11 is 0. The Hall–Kier alpha value is -3.30. The predicted molar refractivity (Wildman–Crippen MR) is 145 cm³/mol. The largest absolute Gasteiger partial charge is 0.454 e. The summed E-state index contributed by atoms with van der Waals surface area (Å²) in [4.78, 5) is 38.8. The van der Waals surface area contributed by atoms with Crippen LogP contribution in [0.3, 0.4) is 0 Å². The third-order valence-corrected chi connectivity index (χ3v) is 8.25. The second-order valence-electron chi connectivity index (χ2n) is 9.37. The summed E-state index contributed by atoms with van der Waals surface area (Å²) in [5, 5.41) is 0. The first-order valence-corrected chi connectivity index (χ1v) is 15.1. The molecule has 0 amide bonds. The number of ether oxygens (including phenoxy) is 3. The average molecular weight is 557 g/mol. The number of esters is 1. The van der Waals surface area contributed by atoms with Gasteiger partial charge in [0.25, 0.3) is 5.56 Å². The van der Waals surface area contributed by atoms with E-state index in [1.807, 2.05) is 30.3 Å². The van der Waals surface area contributed by atoms with Crippen molar-refractivity contribution in [2.24, 2.45) is 0 Å². The lowest BCUT2D eigenvalue weighted by molar-refractivity contribution is -0.0525. The van der Waals surface area contributed by atoms with Crippen molar-refractivity contribution in [2.45, 2.75) is 51.5 Å². The highest BCUT2D eigenvalue weighted by Crippen LogP contribution is 2.44. The summed E-state index contributed by atoms with van der Waals surface area (Å²) in [5.41, 5.74) is 0.0791. The first kappa shape index (κ1) is 28.7. The zero-order valence-electron chi connectivity index (χ0n) is 22.0. The molecule has 1 aliphatic heterocycles. The first-order chi connectivity index (χ1) is 18.8. The fourth-order valence-corrected chi connectivity index (χ4v) is 5.85. The molecule has 1 unspecified atom stereocenters. The highest BCUT2D eigenvalue weighted by atomic mass is 31.2. The summed E-state index contributed by atoms with van der Waals surface area (Å²) in [6.45, 7) is 3.65. The molecule has 0 N–H and O–H groups in total. The van der Waals surface area contributed by atoms with Gasteiger partial charge in [-0.25, -0.2) is 14.2 Å². The molecule has 0 bridgehead atoms. The lowest BCUT2D eigenvalue weighted by atomic mass is 10.1. The van der Waals surface area contributed by atoms with Crippen molar-refractivity contribution in [1.82, 2.24) is 9.13 Å². The molecule has 4 rings (SSSR count). The van der Waals surface area contributed by atoms with Gasteiger partial charge >= 0.3 is 11.7 Å². The van der Waals surface area contributed by atoms with Crippen LogP contribution in [0.15, 0.2) is 82.5 Å². The van der Waals surface area contributed by atoms with Crippen LogP contribution in [0.2, 0.25) is 0 Å². The molecule has 208 valence electrons. The lowest BCUT2D eigenvalue weighted by Gasteiger charge is -2.22. The number of rotatable bonds is 12. The Morgan fingerprint density at radius 3 is 2.44 bits per heavy atom. The van der Waals surface area contributed by atoms with E-state index in [4.69, 9.17) is 18.7 Å². The van der Waals surface area contributed by atoms with Crippen LogP contribution in [-0.4, -0.2) is 46.7 Å². The number of benzene rings is 2. The van der Waals surface area contributed by atoms with Crippen molar-refractivity contribution in [1.29, 1.82) is 0 Å². The van der Waals surface area contributed by atoms with Gasteiger partial charge in [0.1, 0.15) is 12.8 Å². The van der Waals surface area contributed by atoms with E-state index in [1.165, 1.54) is 16.8 Å². The minimum Gasteiger partial charge on any atom is -0.454 e. The number of carbonyl (C=O) groups is 1. The van der Waals surface area contributed by atoms with E-state index >= 15 is 0 Å². The molecule has 1 aromatic heterocycles. The fraction of sp³-hybridized carbons (Fsp3) is 0.393.